The summed E-state index contributed by atoms with van der Waals surface area (Å²) in [6.07, 6.45) is 5.00. The third-order valence-electron chi connectivity index (χ3n) is 2.77. The highest BCUT2D eigenvalue weighted by Crippen LogP contribution is 2.12. The highest BCUT2D eigenvalue weighted by molar-refractivity contribution is 6.04. The Kier molecular flexibility index (Phi) is 4.34. The van der Waals surface area contributed by atoms with Crippen LogP contribution in [0, 0.1) is 0 Å². The van der Waals surface area contributed by atoms with Crippen LogP contribution < -0.4 is 10.6 Å². The van der Waals surface area contributed by atoms with Crippen LogP contribution in [0.25, 0.3) is 0 Å². The molecule has 0 saturated heterocycles. The van der Waals surface area contributed by atoms with Gasteiger partial charge in [0.1, 0.15) is 5.82 Å². The molecular weight excluding hydrogens is 254 g/mol. The molecule has 6 nitrogen and oxygen atoms in total. The Bertz CT molecular complexity index is 574. The third-order valence-corrected chi connectivity index (χ3v) is 2.77. The molecule has 0 unspecified atom stereocenters. The van der Waals surface area contributed by atoms with E-state index in [-0.39, 0.29) is 11.9 Å². The number of carbonyl (C=O) groups is 1. The molecule has 2 heterocycles. The molecule has 6 heteroatoms. The molecule has 0 spiro atoms. The van der Waals surface area contributed by atoms with Gasteiger partial charge in [-0.3, -0.25) is 9.48 Å². The number of anilines is 2. The van der Waals surface area contributed by atoms with Crippen LogP contribution in [-0.2, 0) is 0 Å². The van der Waals surface area contributed by atoms with E-state index in [1.54, 1.807) is 29.2 Å². The standard InChI is InChI=1S/C14H19N5O/c1-4-15-13-6-5-11(7-16-13)14(20)18-12-8-17-19(9-12)10(2)3/h5-10H,4H2,1-3H3,(H,15,16)(H,18,20). The van der Waals surface area contributed by atoms with Crippen LogP contribution >= 0.6 is 0 Å². The molecule has 2 aromatic heterocycles. The van der Waals surface area contributed by atoms with Gasteiger partial charge >= 0.3 is 0 Å². The largest absolute Gasteiger partial charge is 0.370 e. The number of hydrogen-bond acceptors (Lipinski definition) is 4. The lowest BCUT2D eigenvalue weighted by Crippen LogP contribution is -2.12. The summed E-state index contributed by atoms with van der Waals surface area (Å²) in [6.45, 7) is 6.85. The van der Waals surface area contributed by atoms with Crippen molar-refractivity contribution >= 4 is 17.4 Å². The van der Waals surface area contributed by atoms with Crippen molar-refractivity contribution in [1.29, 1.82) is 0 Å². The van der Waals surface area contributed by atoms with Gasteiger partial charge < -0.3 is 10.6 Å². The van der Waals surface area contributed by atoms with Gasteiger partial charge in [-0.05, 0) is 32.9 Å². The van der Waals surface area contributed by atoms with Crippen LogP contribution in [0.3, 0.4) is 0 Å². The second-order valence-electron chi connectivity index (χ2n) is 4.72. The van der Waals surface area contributed by atoms with Crippen molar-refractivity contribution in [2.75, 3.05) is 17.2 Å². The molecule has 20 heavy (non-hydrogen) atoms. The summed E-state index contributed by atoms with van der Waals surface area (Å²) in [6, 6.07) is 3.80. The van der Waals surface area contributed by atoms with Crippen molar-refractivity contribution in [1.82, 2.24) is 14.8 Å². The maximum atomic E-state index is 12.1. The van der Waals surface area contributed by atoms with Crippen molar-refractivity contribution in [3.05, 3.63) is 36.3 Å². The Morgan fingerprint density at radius 2 is 2.15 bits per heavy atom. The first kappa shape index (κ1) is 14.0. The van der Waals surface area contributed by atoms with Gasteiger partial charge in [-0.15, -0.1) is 0 Å². The van der Waals surface area contributed by atoms with E-state index in [2.05, 4.69) is 20.7 Å². The Morgan fingerprint density at radius 3 is 2.70 bits per heavy atom. The quantitative estimate of drug-likeness (QED) is 0.878. The number of nitrogens with zero attached hydrogens (tertiary/aromatic N) is 3. The van der Waals surface area contributed by atoms with E-state index in [4.69, 9.17) is 0 Å². The molecule has 2 aromatic rings. The van der Waals surface area contributed by atoms with E-state index >= 15 is 0 Å². The van der Waals surface area contributed by atoms with E-state index in [9.17, 15) is 4.79 Å². The SMILES string of the molecule is CCNc1ccc(C(=O)Nc2cnn(C(C)C)c2)cn1. The average Bonchev–Trinajstić information content (AvgIpc) is 2.88. The van der Waals surface area contributed by atoms with Gasteiger partial charge in [0.25, 0.3) is 5.91 Å². The van der Waals surface area contributed by atoms with Gasteiger partial charge in [0.15, 0.2) is 0 Å². The van der Waals surface area contributed by atoms with Crippen LogP contribution in [0.1, 0.15) is 37.2 Å². The Hall–Kier alpha value is -2.37. The van der Waals surface area contributed by atoms with Crippen LogP contribution in [0.5, 0.6) is 0 Å². The molecule has 0 aliphatic heterocycles. The summed E-state index contributed by atoms with van der Waals surface area (Å²) in [5.74, 6) is 0.570. The molecule has 0 aliphatic carbocycles. The Balaban J connectivity index is 2.03. The average molecular weight is 273 g/mol. The Labute approximate surface area is 118 Å². The van der Waals surface area contributed by atoms with Crippen LogP contribution in [0.2, 0.25) is 0 Å². The fourth-order valence-electron chi connectivity index (χ4n) is 1.70. The number of pyridine rings is 1. The van der Waals surface area contributed by atoms with E-state index in [1.165, 1.54) is 0 Å². The first-order chi connectivity index (χ1) is 9.60. The highest BCUT2D eigenvalue weighted by Gasteiger charge is 2.09. The molecule has 0 atom stereocenters. The summed E-state index contributed by atoms with van der Waals surface area (Å²) < 4.78 is 1.79. The van der Waals surface area contributed by atoms with Gasteiger partial charge in [0.2, 0.25) is 0 Å². The molecule has 0 aromatic carbocycles. The summed E-state index contributed by atoms with van der Waals surface area (Å²) in [5.41, 5.74) is 1.20. The Morgan fingerprint density at radius 1 is 1.35 bits per heavy atom. The lowest BCUT2D eigenvalue weighted by Gasteiger charge is -2.05. The minimum atomic E-state index is -0.191. The molecule has 0 saturated carbocycles. The maximum absolute atomic E-state index is 12.1. The number of amides is 1. The third kappa shape index (κ3) is 3.34. The smallest absolute Gasteiger partial charge is 0.257 e. The monoisotopic (exact) mass is 273 g/mol. The van der Waals surface area contributed by atoms with Crippen LogP contribution in [0.15, 0.2) is 30.7 Å². The van der Waals surface area contributed by atoms with Crippen molar-refractivity contribution in [3.63, 3.8) is 0 Å². The summed E-state index contributed by atoms with van der Waals surface area (Å²) >= 11 is 0. The van der Waals surface area contributed by atoms with Crippen molar-refractivity contribution in [2.24, 2.45) is 0 Å². The molecule has 106 valence electrons. The van der Waals surface area contributed by atoms with Gasteiger partial charge in [-0.2, -0.15) is 5.10 Å². The van der Waals surface area contributed by atoms with Gasteiger partial charge in [-0.1, -0.05) is 0 Å². The zero-order valence-electron chi connectivity index (χ0n) is 11.9. The number of aromatic nitrogens is 3. The molecule has 0 aliphatic rings. The lowest BCUT2D eigenvalue weighted by molar-refractivity contribution is 0.102. The van der Waals surface area contributed by atoms with E-state index in [1.807, 2.05) is 27.0 Å². The number of nitrogens with one attached hydrogen (secondary N) is 2. The second kappa shape index (κ2) is 6.18. The first-order valence-electron chi connectivity index (χ1n) is 6.65. The lowest BCUT2D eigenvalue weighted by atomic mass is 10.2. The van der Waals surface area contributed by atoms with Crippen molar-refractivity contribution in [3.8, 4) is 0 Å². The number of rotatable bonds is 5. The number of hydrogen-bond donors (Lipinski definition) is 2. The molecule has 2 N–H and O–H groups in total. The first-order valence-corrected chi connectivity index (χ1v) is 6.65. The predicted molar refractivity (Wildman–Crippen MR) is 79.0 cm³/mol. The van der Waals surface area contributed by atoms with Crippen LogP contribution in [-0.4, -0.2) is 27.2 Å². The van der Waals surface area contributed by atoms with Gasteiger partial charge in [-0.25, -0.2) is 4.98 Å². The zero-order valence-corrected chi connectivity index (χ0v) is 11.9. The van der Waals surface area contributed by atoms with E-state index in [0.29, 0.717) is 11.3 Å². The summed E-state index contributed by atoms with van der Waals surface area (Å²) in [5, 5.41) is 10.1. The highest BCUT2D eigenvalue weighted by atomic mass is 16.1. The van der Waals surface area contributed by atoms with Crippen LogP contribution in [0.4, 0.5) is 11.5 Å². The molecule has 0 fully saturated rings. The molecule has 0 bridgehead atoms. The molecular formula is C14H19N5O. The van der Waals surface area contributed by atoms with Crippen molar-refractivity contribution < 1.29 is 4.79 Å². The molecule has 0 radical (unpaired) electrons. The summed E-state index contributed by atoms with van der Waals surface area (Å²) in [4.78, 5) is 16.2. The maximum Gasteiger partial charge on any atom is 0.257 e. The van der Waals surface area contributed by atoms with Gasteiger partial charge in [0.05, 0.1) is 17.4 Å². The minimum Gasteiger partial charge on any atom is -0.370 e. The predicted octanol–water partition coefficient (Wildman–Crippen LogP) is 2.54. The van der Waals surface area contributed by atoms with Crippen molar-refractivity contribution in [2.45, 2.75) is 26.8 Å². The molecule has 2 rings (SSSR count). The minimum absolute atomic E-state index is 0.191. The molecule has 1 amide bonds. The van der Waals surface area contributed by atoms with Gasteiger partial charge in [0, 0.05) is 25.0 Å². The fraction of sp³-hybridized carbons (Fsp3) is 0.357. The summed E-state index contributed by atoms with van der Waals surface area (Å²) in [7, 11) is 0. The fourth-order valence-corrected chi connectivity index (χ4v) is 1.70. The zero-order chi connectivity index (χ0) is 14.5. The normalized spacial score (nSPS) is 10.6. The topological polar surface area (TPSA) is 71.8 Å². The number of carbonyl (C=O) groups excluding carboxylic acids is 1. The second-order valence-corrected chi connectivity index (χ2v) is 4.72. The van der Waals surface area contributed by atoms with E-state index < -0.39 is 0 Å². The van der Waals surface area contributed by atoms with E-state index in [0.717, 1.165) is 12.4 Å².